The Morgan fingerprint density at radius 1 is 1.35 bits per heavy atom. The zero-order chi connectivity index (χ0) is 12.3. The quantitative estimate of drug-likeness (QED) is 0.791. The van der Waals surface area contributed by atoms with Gasteiger partial charge in [-0.2, -0.15) is 0 Å². The van der Waals surface area contributed by atoms with Crippen molar-refractivity contribution in [3.63, 3.8) is 0 Å². The number of hydrogen-bond acceptors (Lipinski definition) is 3. The maximum atomic E-state index is 10.9. The third-order valence-electron chi connectivity index (χ3n) is 2.29. The van der Waals surface area contributed by atoms with Crippen LogP contribution in [0.2, 0.25) is 0 Å². The van der Waals surface area contributed by atoms with Crippen molar-refractivity contribution in [1.29, 1.82) is 0 Å². The topological polar surface area (TPSA) is 26.3 Å². The fraction of sp³-hybridized carbons (Fsp3) is 0.154. The molecule has 0 N–H and O–H groups in total. The van der Waals surface area contributed by atoms with Gasteiger partial charge in [-0.1, -0.05) is 11.6 Å². The van der Waals surface area contributed by atoms with Crippen molar-refractivity contribution in [3.8, 4) is 5.75 Å². The molecule has 17 heavy (non-hydrogen) atoms. The SMILES string of the molecule is Cc1ccc(OCc2ccc(Br)s2)c(C=O)c1. The van der Waals surface area contributed by atoms with Crippen molar-refractivity contribution in [1.82, 2.24) is 0 Å². The van der Waals surface area contributed by atoms with Crippen LogP contribution in [0.3, 0.4) is 0 Å². The predicted octanol–water partition coefficient (Wildman–Crippen LogP) is 4.21. The van der Waals surface area contributed by atoms with E-state index in [1.165, 1.54) is 0 Å². The number of hydrogen-bond donors (Lipinski definition) is 0. The lowest BCUT2D eigenvalue weighted by Gasteiger charge is -2.07. The summed E-state index contributed by atoms with van der Waals surface area (Å²) >= 11 is 5.03. The maximum Gasteiger partial charge on any atom is 0.153 e. The van der Waals surface area contributed by atoms with Crippen LogP contribution in [0, 0.1) is 6.92 Å². The van der Waals surface area contributed by atoms with Crippen LogP contribution in [-0.2, 0) is 6.61 Å². The summed E-state index contributed by atoms with van der Waals surface area (Å²) in [6, 6.07) is 9.59. The van der Waals surface area contributed by atoms with Crippen molar-refractivity contribution in [2.24, 2.45) is 0 Å². The molecule has 0 bridgehead atoms. The van der Waals surface area contributed by atoms with E-state index in [-0.39, 0.29) is 0 Å². The first-order chi connectivity index (χ1) is 8.19. The van der Waals surface area contributed by atoms with Gasteiger partial charge < -0.3 is 4.74 Å². The predicted molar refractivity (Wildman–Crippen MR) is 72.9 cm³/mol. The number of benzene rings is 1. The standard InChI is InChI=1S/C13H11BrO2S/c1-9-2-4-12(10(6-9)7-15)16-8-11-3-5-13(14)17-11/h2-7H,8H2,1H3. The van der Waals surface area contributed by atoms with Gasteiger partial charge >= 0.3 is 0 Å². The van der Waals surface area contributed by atoms with Crippen LogP contribution in [-0.4, -0.2) is 6.29 Å². The molecule has 1 heterocycles. The molecule has 0 amide bonds. The highest BCUT2D eigenvalue weighted by atomic mass is 79.9. The van der Waals surface area contributed by atoms with Crippen LogP contribution < -0.4 is 4.74 Å². The molecule has 0 saturated heterocycles. The molecule has 0 unspecified atom stereocenters. The number of rotatable bonds is 4. The average Bonchev–Trinajstić information content (AvgIpc) is 2.73. The maximum absolute atomic E-state index is 10.9. The first kappa shape index (κ1) is 12.3. The number of carbonyl (C=O) groups excluding carboxylic acids is 1. The molecular formula is C13H11BrO2S. The minimum Gasteiger partial charge on any atom is -0.487 e. The van der Waals surface area contributed by atoms with E-state index < -0.39 is 0 Å². The third kappa shape index (κ3) is 3.17. The molecule has 0 aliphatic carbocycles. The molecule has 2 nitrogen and oxygen atoms in total. The Balaban J connectivity index is 2.11. The number of ether oxygens (including phenoxy) is 1. The fourth-order valence-electron chi connectivity index (χ4n) is 1.47. The molecule has 0 aliphatic heterocycles. The number of halogens is 1. The monoisotopic (exact) mass is 310 g/mol. The van der Waals surface area contributed by atoms with Crippen LogP contribution in [0.1, 0.15) is 20.8 Å². The molecule has 0 aliphatic rings. The molecule has 4 heteroatoms. The molecule has 0 atom stereocenters. The normalized spacial score (nSPS) is 10.2. The van der Waals surface area contributed by atoms with E-state index in [4.69, 9.17) is 4.74 Å². The van der Waals surface area contributed by atoms with Crippen molar-refractivity contribution in [2.45, 2.75) is 13.5 Å². The zero-order valence-corrected chi connectivity index (χ0v) is 11.7. The lowest BCUT2D eigenvalue weighted by molar-refractivity contribution is 0.111. The molecular weight excluding hydrogens is 300 g/mol. The van der Waals surface area contributed by atoms with Crippen LogP contribution in [0.25, 0.3) is 0 Å². The molecule has 0 fully saturated rings. The van der Waals surface area contributed by atoms with E-state index in [0.29, 0.717) is 17.9 Å². The summed E-state index contributed by atoms with van der Waals surface area (Å²) in [5.74, 6) is 0.634. The second-order valence-corrected chi connectivity index (χ2v) is 6.20. The van der Waals surface area contributed by atoms with Gasteiger partial charge in [0.05, 0.1) is 9.35 Å². The highest BCUT2D eigenvalue weighted by molar-refractivity contribution is 9.11. The second kappa shape index (κ2) is 5.47. The Hall–Kier alpha value is -1.13. The molecule has 1 aromatic heterocycles. The average molecular weight is 311 g/mol. The molecule has 0 radical (unpaired) electrons. The van der Waals surface area contributed by atoms with Gasteiger partial charge in [0, 0.05) is 4.88 Å². The zero-order valence-electron chi connectivity index (χ0n) is 9.27. The number of carbonyl (C=O) groups is 1. The van der Waals surface area contributed by atoms with E-state index in [2.05, 4.69) is 15.9 Å². The summed E-state index contributed by atoms with van der Waals surface area (Å²) in [6.45, 7) is 2.44. The summed E-state index contributed by atoms with van der Waals surface area (Å²) in [7, 11) is 0. The lowest BCUT2D eigenvalue weighted by atomic mass is 10.1. The van der Waals surface area contributed by atoms with E-state index >= 15 is 0 Å². The Labute approximate surface area is 112 Å². The first-order valence-electron chi connectivity index (χ1n) is 5.12. The Bertz CT molecular complexity index is 534. The van der Waals surface area contributed by atoms with E-state index in [9.17, 15) is 4.79 Å². The largest absolute Gasteiger partial charge is 0.487 e. The van der Waals surface area contributed by atoms with E-state index in [1.54, 1.807) is 11.3 Å². The van der Waals surface area contributed by atoms with Gasteiger partial charge in [0.15, 0.2) is 6.29 Å². The van der Waals surface area contributed by atoms with Crippen molar-refractivity contribution in [2.75, 3.05) is 0 Å². The minimum atomic E-state index is 0.486. The van der Waals surface area contributed by atoms with Gasteiger partial charge in [-0.25, -0.2) is 0 Å². The molecule has 2 aromatic rings. The summed E-state index contributed by atoms with van der Waals surface area (Å²) in [5.41, 5.74) is 1.65. The van der Waals surface area contributed by atoms with Crippen LogP contribution >= 0.6 is 27.3 Å². The summed E-state index contributed by atoms with van der Waals surface area (Å²) in [5, 5.41) is 0. The van der Waals surface area contributed by atoms with Crippen LogP contribution in [0.4, 0.5) is 0 Å². The highest BCUT2D eigenvalue weighted by Crippen LogP contribution is 2.25. The fourth-order valence-corrected chi connectivity index (χ4v) is 2.87. The van der Waals surface area contributed by atoms with E-state index in [1.807, 2.05) is 37.3 Å². The van der Waals surface area contributed by atoms with Crippen molar-refractivity contribution < 1.29 is 9.53 Å². The van der Waals surface area contributed by atoms with Gasteiger partial charge in [-0.05, 0) is 47.1 Å². The van der Waals surface area contributed by atoms with Crippen LogP contribution in [0.5, 0.6) is 5.75 Å². The highest BCUT2D eigenvalue weighted by Gasteiger charge is 2.04. The van der Waals surface area contributed by atoms with E-state index in [0.717, 1.165) is 20.5 Å². The van der Waals surface area contributed by atoms with Gasteiger partial charge in [0.2, 0.25) is 0 Å². The molecule has 1 aromatic carbocycles. The van der Waals surface area contributed by atoms with Crippen LogP contribution in [0.15, 0.2) is 34.1 Å². The third-order valence-corrected chi connectivity index (χ3v) is 3.89. The second-order valence-electron chi connectivity index (χ2n) is 3.65. The Morgan fingerprint density at radius 3 is 2.82 bits per heavy atom. The molecule has 88 valence electrons. The van der Waals surface area contributed by atoms with Gasteiger partial charge in [0.25, 0.3) is 0 Å². The smallest absolute Gasteiger partial charge is 0.153 e. The minimum absolute atomic E-state index is 0.486. The number of thiophene rings is 1. The first-order valence-corrected chi connectivity index (χ1v) is 6.73. The van der Waals surface area contributed by atoms with Gasteiger partial charge in [-0.15, -0.1) is 11.3 Å². The number of aryl methyl sites for hydroxylation is 1. The molecule has 2 rings (SSSR count). The van der Waals surface area contributed by atoms with Gasteiger partial charge in [-0.3, -0.25) is 4.79 Å². The summed E-state index contributed by atoms with van der Waals surface area (Å²) in [4.78, 5) is 12.0. The van der Waals surface area contributed by atoms with Crippen molar-refractivity contribution >= 4 is 33.6 Å². The van der Waals surface area contributed by atoms with Crippen molar-refractivity contribution in [3.05, 3.63) is 50.1 Å². The van der Waals surface area contributed by atoms with Gasteiger partial charge in [0.1, 0.15) is 12.4 Å². The summed E-state index contributed by atoms with van der Waals surface area (Å²) < 4.78 is 6.72. The Morgan fingerprint density at radius 2 is 2.18 bits per heavy atom. The Kier molecular flexibility index (Phi) is 3.97. The molecule has 0 spiro atoms. The molecule has 0 saturated carbocycles. The number of aldehydes is 1. The lowest BCUT2D eigenvalue weighted by Crippen LogP contribution is -1.96. The summed E-state index contributed by atoms with van der Waals surface area (Å²) in [6.07, 6.45) is 0.826.